The van der Waals surface area contributed by atoms with Crippen molar-refractivity contribution in [1.82, 2.24) is 34.7 Å². The van der Waals surface area contributed by atoms with E-state index in [1.807, 2.05) is 37.3 Å². The summed E-state index contributed by atoms with van der Waals surface area (Å²) in [6, 6.07) is 10.4. The van der Waals surface area contributed by atoms with Gasteiger partial charge in [0, 0.05) is 55.7 Å². The van der Waals surface area contributed by atoms with Crippen LogP contribution in [0.2, 0.25) is 0 Å². The zero-order valence-electron chi connectivity index (χ0n) is 25.1. The van der Waals surface area contributed by atoms with Gasteiger partial charge in [-0.3, -0.25) is 14.5 Å². The van der Waals surface area contributed by atoms with E-state index in [2.05, 4.69) is 43.6 Å². The molecule has 3 aromatic heterocycles. The molecule has 4 aliphatic rings. The van der Waals surface area contributed by atoms with Crippen LogP contribution < -0.4 is 15.5 Å². The minimum atomic E-state index is 0.0169. The highest BCUT2D eigenvalue weighted by molar-refractivity contribution is 7.14. The van der Waals surface area contributed by atoms with E-state index in [1.54, 1.807) is 22.0 Å². The molecule has 44 heavy (non-hydrogen) atoms. The van der Waals surface area contributed by atoms with Gasteiger partial charge in [0.2, 0.25) is 11.9 Å². The summed E-state index contributed by atoms with van der Waals surface area (Å²) in [6.07, 6.45) is 9.25. The lowest BCUT2D eigenvalue weighted by atomic mass is 9.99. The van der Waals surface area contributed by atoms with Gasteiger partial charge in [0.25, 0.3) is 5.91 Å². The Balaban J connectivity index is 0.976. The molecule has 1 aromatic carbocycles. The third kappa shape index (κ3) is 4.89. The van der Waals surface area contributed by atoms with Crippen molar-refractivity contribution in [1.29, 1.82) is 0 Å². The average Bonchev–Trinajstić information content (AvgIpc) is 3.83. The first kappa shape index (κ1) is 27.5. The molecule has 2 N–H and O–H groups in total. The number of anilines is 3. The number of amides is 2. The molecule has 12 heteroatoms. The maximum Gasteiger partial charge on any atom is 0.261 e. The van der Waals surface area contributed by atoms with Crippen LogP contribution in [-0.2, 0) is 4.79 Å². The number of rotatable bonds is 6. The highest BCUT2D eigenvalue weighted by atomic mass is 32.1. The molecular formula is C32H37N9O2S. The van der Waals surface area contributed by atoms with Crippen molar-refractivity contribution < 1.29 is 9.59 Å². The number of piperidine rings is 1. The van der Waals surface area contributed by atoms with Crippen LogP contribution in [0.15, 0.2) is 42.7 Å². The van der Waals surface area contributed by atoms with Crippen molar-refractivity contribution >= 4 is 46.3 Å². The quantitative estimate of drug-likeness (QED) is 0.335. The molecule has 8 rings (SSSR count). The number of fused-ring (bicyclic) bond motifs is 6. The van der Waals surface area contributed by atoms with Crippen LogP contribution in [0.25, 0.3) is 5.65 Å². The van der Waals surface area contributed by atoms with E-state index in [-0.39, 0.29) is 23.9 Å². The smallest absolute Gasteiger partial charge is 0.261 e. The Labute approximate surface area is 260 Å². The third-order valence-electron chi connectivity index (χ3n) is 9.85. The van der Waals surface area contributed by atoms with E-state index < -0.39 is 0 Å². The minimum Gasteiger partial charge on any atom is -0.347 e. The van der Waals surface area contributed by atoms with Crippen LogP contribution in [0.5, 0.6) is 0 Å². The lowest BCUT2D eigenvalue weighted by Gasteiger charge is -2.37. The van der Waals surface area contributed by atoms with E-state index in [9.17, 15) is 9.59 Å². The Kier molecular flexibility index (Phi) is 6.78. The molecule has 2 aliphatic heterocycles. The fourth-order valence-corrected chi connectivity index (χ4v) is 8.79. The van der Waals surface area contributed by atoms with Crippen LogP contribution in [0, 0.1) is 0 Å². The number of hydrogen-bond acceptors (Lipinski definition) is 9. The van der Waals surface area contributed by atoms with Crippen molar-refractivity contribution in [3.63, 3.8) is 0 Å². The summed E-state index contributed by atoms with van der Waals surface area (Å²) in [7, 11) is 3.85. The van der Waals surface area contributed by atoms with Gasteiger partial charge < -0.3 is 20.4 Å². The SMILES string of the molecule is CN1CC(=O)N(C)C(c2ccc(Nc3nc(N4CCC[C@H](NC(=O)c5cc6c(s5)C5CCC6C5)C4)nn4ccnc34)cc2)C1. The predicted molar refractivity (Wildman–Crippen MR) is 170 cm³/mol. The second-order valence-electron chi connectivity index (χ2n) is 12.8. The number of thiophene rings is 1. The summed E-state index contributed by atoms with van der Waals surface area (Å²) in [5.74, 6) is 2.73. The zero-order valence-corrected chi connectivity index (χ0v) is 25.9. The Bertz CT molecular complexity index is 1710. The maximum atomic E-state index is 13.3. The Morgan fingerprint density at radius 3 is 2.75 bits per heavy atom. The third-order valence-corrected chi connectivity index (χ3v) is 11.2. The number of imidazole rings is 1. The van der Waals surface area contributed by atoms with E-state index in [0.717, 1.165) is 42.1 Å². The molecule has 1 saturated carbocycles. The Morgan fingerprint density at radius 2 is 1.91 bits per heavy atom. The molecule has 2 bridgehead atoms. The van der Waals surface area contributed by atoms with Gasteiger partial charge in [-0.05, 0) is 80.3 Å². The first-order chi connectivity index (χ1) is 21.4. The summed E-state index contributed by atoms with van der Waals surface area (Å²) >= 11 is 1.70. The van der Waals surface area contributed by atoms with Crippen molar-refractivity contribution in [2.75, 3.05) is 50.5 Å². The second-order valence-corrected chi connectivity index (χ2v) is 13.9. The first-order valence-electron chi connectivity index (χ1n) is 15.6. The summed E-state index contributed by atoms with van der Waals surface area (Å²) in [4.78, 5) is 43.4. The molecule has 11 nitrogen and oxygen atoms in total. The van der Waals surface area contributed by atoms with E-state index in [4.69, 9.17) is 10.1 Å². The van der Waals surface area contributed by atoms with Gasteiger partial charge >= 0.3 is 0 Å². The highest BCUT2D eigenvalue weighted by Gasteiger charge is 2.39. The van der Waals surface area contributed by atoms with Gasteiger partial charge in [0.15, 0.2) is 11.5 Å². The largest absolute Gasteiger partial charge is 0.347 e. The normalized spacial score (nSPS) is 25.1. The number of carbonyl (C=O) groups is 2. The molecule has 228 valence electrons. The molecule has 2 aliphatic carbocycles. The predicted octanol–water partition coefficient (Wildman–Crippen LogP) is 4.14. The van der Waals surface area contributed by atoms with E-state index in [0.29, 0.717) is 42.3 Å². The lowest BCUT2D eigenvalue weighted by Crippen LogP contribution is -2.48. The van der Waals surface area contributed by atoms with E-state index >= 15 is 0 Å². The van der Waals surface area contributed by atoms with Gasteiger partial charge in [-0.1, -0.05) is 12.1 Å². The summed E-state index contributed by atoms with van der Waals surface area (Å²) in [6.45, 7) is 2.72. The average molecular weight is 612 g/mol. The molecule has 5 heterocycles. The fraction of sp³-hybridized carbons (Fsp3) is 0.469. The monoisotopic (exact) mass is 611 g/mol. The van der Waals surface area contributed by atoms with Crippen LogP contribution in [-0.4, -0.2) is 87.5 Å². The topological polar surface area (TPSA) is 111 Å². The second kappa shape index (κ2) is 10.8. The molecule has 4 atom stereocenters. The maximum absolute atomic E-state index is 13.3. The number of piperazine rings is 1. The molecule has 4 aromatic rings. The minimum absolute atomic E-state index is 0.0169. The Hall–Kier alpha value is -4.03. The van der Waals surface area contributed by atoms with E-state index in [1.165, 1.54) is 29.7 Å². The molecule has 3 unspecified atom stereocenters. The number of hydrogen-bond donors (Lipinski definition) is 2. The van der Waals surface area contributed by atoms with Gasteiger partial charge in [-0.25, -0.2) is 9.50 Å². The Morgan fingerprint density at radius 1 is 1.07 bits per heavy atom. The number of likely N-dealkylation sites (N-methyl/N-ethyl adjacent to an activating group) is 2. The zero-order chi connectivity index (χ0) is 29.9. The summed E-state index contributed by atoms with van der Waals surface area (Å²) in [5, 5.41) is 11.5. The fourth-order valence-electron chi connectivity index (χ4n) is 7.49. The standard InChI is InChI=1S/C32H37N9O2S/c1-38-17-25(39(2)27(42)18-38)19-7-9-22(10-8-19)34-29-30-33-11-13-41(30)37-32(36-29)40-12-3-4-23(16-40)35-31(43)26-15-24-20-5-6-21(14-20)28(24)44-26/h7-11,13,15,20-21,23,25H,3-6,12,14,16-18H2,1-2H3,(H,35,43)(H,34,36,37)/t20?,21?,23-,25?/m0/s1. The van der Waals surface area contributed by atoms with Crippen molar-refractivity contribution in [2.24, 2.45) is 0 Å². The van der Waals surface area contributed by atoms with Crippen molar-refractivity contribution in [3.05, 3.63) is 63.6 Å². The molecule has 0 radical (unpaired) electrons. The summed E-state index contributed by atoms with van der Waals surface area (Å²) < 4.78 is 1.75. The van der Waals surface area contributed by atoms with Crippen LogP contribution in [0.3, 0.4) is 0 Å². The van der Waals surface area contributed by atoms with Gasteiger partial charge in [-0.15, -0.1) is 16.4 Å². The molecule has 3 fully saturated rings. The number of benzene rings is 1. The van der Waals surface area contributed by atoms with Gasteiger partial charge in [0.1, 0.15) is 0 Å². The van der Waals surface area contributed by atoms with Gasteiger partial charge in [-0.2, -0.15) is 4.98 Å². The van der Waals surface area contributed by atoms with Crippen LogP contribution >= 0.6 is 11.3 Å². The molecule has 2 saturated heterocycles. The molecule has 0 spiro atoms. The number of nitrogens with one attached hydrogen (secondary N) is 2. The number of aromatic nitrogens is 4. The van der Waals surface area contributed by atoms with Gasteiger partial charge in [0.05, 0.1) is 17.5 Å². The van der Waals surface area contributed by atoms with Crippen LogP contribution in [0.4, 0.5) is 17.5 Å². The number of carbonyl (C=O) groups excluding carboxylic acids is 2. The van der Waals surface area contributed by atoms with Crippen LogP contribution in [0.1, 0.15) is 75.7 Å². The van der Waals surface area contributed by atoms with Crippen molar-refractivity contribution in [3.8, 4) is 0 Å². The van der Waals surface area contributed by atoms with Crippen molar-refractivity contribution in [2.45, 2.75) is 56.0 Å². The first-order valence-corrected chi connectivity index (χ1v) is 16.4. The highest BCUT2D eigenvalue weighted by Crippen LogP contribution is 2.55. The molecular weight excluding hydrogens is 574 g/mol. The molecule has 2 amide bonds. The lowest BCUT2D eigenvalue weighted by molar-refractivity contribution is -0.137. The number of nitrogens with zero attached hydrogens (tertiary/aromatic N) is 7. The summed E-state index contributed by atoms with van der Waals surface area (Å²) in [5.41, 5.74) is 4.04.